The third-order valence-corrected chi connectivity index (χ3v) is 4.18. The fourth-order valence-electron chi connectivity index (χ4n) is 2.93. The molecular formula is C16H20N4O4. The van der Waals surface area contributed by atoms with Gasteiger partial charge in [0.05, 0.1) is 37.1 Å². The summed E-state index contributed by atoms with van der Waals surface area (Å²) in [5.74, 6) is 1.11. The minimum absolute atomic E-state index is 0.0579. The standard InChI is InChI=1S/C16H20N4O4/c1-9-12(10(2)24-19-9)6-16(22)20-4-5-23-8-14(20)13-7-15(21)18-11(3)17-13/h7,14H,4-6,8H2,1-3H3,(H,17,18,21)/t14-/m0/s1. The SMILES string of the molecule is Cc1nc([C@@H]2COCCN2C(=O)Cc2c(C)noc2C)cc(=O)[nH]1. The number of rotatable bonds is 3. The maximum Gasteiger partial charge on any atom is 0.251 e. The molecular weight excluding hydrogens is 312 g/mol. The van der Waals surface area contributed by atoms with E-state index in [0.717, 1.165) is 11.3 Å². The zero-order valence-electron chi connectivity index (χ0n) is 14.0. The number of aryl methyl sites for hydroxylation is 3. The van der Waals surface area contributed by atoms with E-state index in [1.54, 1.807) is 18.7 Å². The number of aromatic amines is 1. The summed E-state index contributed by atoms with van der Waals surface area (Å²) in [6.07, 6.45) is 0.208. The number of H-pyrrole nitrogens is 1. The first kappa shape index (κ1) is 16.4. The molecule has 1 amide bonds. The lowest BCUT2D eigenvalue weighted by Crippen LogP contribution is -2.44. The molecule has 3 heterocycles. The second kappa shape index (κ2) is 6.56. The van der Waals surface area contributed by atoms with Gasteiger partial charge in [-0.3, -0.25) is 9.59 Å². The number of carbonyl (C=O) groups is 1. The minimum atomic E-state index is -0.368. The zero-order valence-corrected chi connectivity index (χ0v) is 14.0. The van der Waals surface area contributed by atoms with E-state index in [9.17, 15) is 9.59 Å². The van der Waals surface area contributed by atoms with Crippen LogP contribution in [0.4, 0.5) is 0 Å². The average molecular weight is 332 g/mol. The number of nitrogens with one attached hydrogen (secondary N) is 1. The van der Waals surface area contributed by atoms with Crippen molar-refractivity contribution in [1.29, 1.82) is 0 Å². The highest BCUT2D eigenvalue weighted by atomic mass is 16.5. The first-order valence-corrected chi connectivity index (χ1v) is 7.82. The highest BCUT2D eigenvalue weighted by Crippen LogP contribution is 2.24. The molecule has 0 radical (unpaired) electrons. The molecule has 0 aliphatic carbocycles. The van der Waals surface area contributed by atoms with Crippen LogP contribution >= 0.6 is 0 Å². The first-order valence-electron chi connectivity index (χ1n) is 7.82. The van der Waals surface area contributed by atoms with Gasteiger partial charge in [0.1, 0.15) is 11.6 Å². The number of carbonyl (C=O) groups excluding carboxylic acids is 1. The molecule has 2 aromatic heterocycles. The van der Waals surface area contributed by atoms with Gasteiger partial charge in [-0.15, -0.1) is 0 Å². The summed E-state index contributed by atoms with van der Waals surface area (Å²) >= 11 is 0. The predicted molar refractivity (Wildman–Crippen MR) is 84.5 cm³/mol. The quantitative estimate of drug-likeness (QED) is 0.893. The second-order valence-electron chi connectivity index (χ2n) is 5.91. The highest BCUT2D eigenvalue weighted by Gasteiger charge is 2.31. The lowest BCUT2D eigenvalue weighted by molar-refractivity contribution is -0.139. The van der Waals surface area contributed by atoms with Crippen molar-refractivity contribution in [3.63, 3.8) is 0 Å². The maximum absolute atomic E-state index is 12.8. The van der Waals surface area contributed by atoms with Gasteiger partial charge in [0, 0.05) is 18.2 Å². The second-order valence-corrected chi connectivity index (χ2v) is 5.91. The summed E-state index contributed by atoms with van der Waals surface area (Å²) in [6, 6.07) is 1.05. The summed E-state index contributed by atoms with van der Waals surface area (Å²) in [5.41, 5.74) is 1.83. The van der Waals surface area contributed by atoms with Gasteiger partial charge in [0.2, 0.25) is 5.91 Å². The van der Waals surface area contributed by atoms with Gasteiger partial charge in [-0.1, -0.05) is 5.16 Å². The Morgan fingerprint density at radius 3 is 2.88 bits per heavy atom. The number of aromatic nitrogens is 3. The summed E-state index contributed by atoms with van der Waals surface area (Å²) in [4.78, 5) is 33.2. The van der Waals surface area contributed by atoms with E-state index < -0.39 is 0 Å². The molecule has 8 heteroatoms. The van der Waals surface area contributed by atoms with Crippen LogP contribution in [0.2, 0.25) is 0 Å². The maximum atomic E-state index is 12.8. The number of hydrogen-bond acceptors (Lipinski definition) is 6. The van der Waals surface area contributed by atoms with Crippen molar-refractivity contribution in [2.24, 2.45) is 0 Å². The van der Waals surface area contributed by atoms with Crippen molar-refractivity contribution in [1.82, 2.24) is 20.0 Å². The molecule has 3 rings (SSSR count). The summed E-state index contributed by atoms with van der Waals surface area (Å²) in [6.45, 7) is 6.57. The van der Waals surface area contributed by atoms with Crippen LogP contribution in [0.3, 0.4) is 0 Å². The highest BCUT2D eigenvalue weighted by molar-refractivity contribution is 5.79. The van der Waals surface area contributed by atoms with Crippen molar-refractivity contribution >= 4 is 5.91 Å². The van der Waals surface area contributed by atoms with Crippen LogP contribution in [0.15, 0.2) is 15.4 Å². The predicted octanol–water partition coefficient (Wildman–Crippen LogP) is 0.826. The Hall–Kier alpha value is -2.48. The van der Waals surface area contributed by atoms with E-state index in [4.69, 9.17) is 9.26 Å². The van der Waals surface area contributed by atoms with Crippen molar-refractivity contribution in [3.05, 3.63) is 45.0 Å². The number of nitrogens with zero attached hydrogens (tertiary/aromatic N) is 3. The van der Waals surface area contributed by atoms with Gasteiger partial charge in [0.25, 0.3) is 5.56 Å². The number of amides is 1. The number of ether oxygens (including phenoxy) is 1. The van der Waals surface area contributed by atoms with E-state index in [1.165, 1.54) is 6.07 Å². The van der Waals surface area contributed by atoms with Crippen LogP contribution in [0.25, 0.3) is 0 Å². The van der Waals surface area contributed by atoms with E-state index in [2.05, 4.69) is 15.1 Å². The molecule has 0 aromatic carbocycles. The average Bonchev–Trinajstić information content (AvgIpc) is 2.86. The summed E-state index contributed by atoms with van der Waals surface area (Å²) < 4.78 is 10.6. The Morgan fingerprint density at radius 2 is 2.21 bits per heavy atom. The normalized spacial score (nSPS) is 18.0. The summed E-state index contributed by atoms with van der Waals surface area (Å²) in [7, 11) is 0. The molecule has 1 fully saturated rings. The van der Waals surface area contributed by atoms with E-state index >= 15 is 0 Å². The van der Waals surface area contributed by atoms with Crippen LogP contribution in [0, 0.1) is 20.8 Å². The Balaban J connectivity index is 1.86. The fourth-order valence-corrected chi connectivity index (χ4v) is 2.93. The largest absolute Gasteiger partial charge is 0.377 e. The molecule has 128 valence electrons. The molecule has 0 spiro atoms. The summed E-state index contributed by atoms with van der Waals surface area (Å²) in [5, 5.41) is 3.89. The zero-order chi connectivity index (χ0) is 17.3. The number of morpholine rings is 1. The molecule has 0 unspecified atom stereocenters. The van der Waals surface area contributed by atoms with Gasteiger partial charge < -0.3 is 19.1 Å². The Labute approximate surface area is 138 Å². The van der Waals surface area contributed by atoms with Crippen LogP contribution in [0.5, 0.6) is 0 Å². The molecule has 2 aromatic rings. The first-order chi connectivity index (χ1) is 11.5. The Bertz CT molecular complexity index is 791. The van der Waals surface area contributed by atoms with Gasteiger partial charge in [-0.2, -0.15) is 0 Å². The van der Waals surface area contributed by atoms with Crippen LogP contribution in [-0.2, 0) is 16.0 Å². The molecule has 1 aliphatic rings. The molecule has 1 atom stereocenters. The molecule has 0 bridgehead atoms. The number of hydrogen-bond donors (Lipinski definition) is 1. The van der Waals surface area contributed by atoms with Gasteiger partial charge in [-0.25, -0.2) is 4.98 Å². The lowest BCUT2D eigenvalue weighted by atomic mass is 10.1. The molecule has 1 N–H and O–H groups in total. The lowest BCUT2D eigenvalue weighted by Gasteiger charge is -2.35. The fraction of sp³-hybridized carbons (Fsp3) is 0.500. The van der Waals surface area contributed by atoms with Crippen molar-refractivity contribution in [2.75, 3.05) is 19.8 Å². The smallest absolute Gasteiger partial charge is 0.251 e. The van der Waals surface area contributed by atoms with E-state index in [1.807, 2.05) is 6.92 Å². The molecule has 0 saturated carbocycles. The van der Waals surface area contributed by atoms with Crippen LogP contribution in [-0.4, -0.2) is 45.7 Å². The molecule has 24 heavy (non-hydrogen) atoms. The third-order valence-electron chi connectivity index (χ3n) is 4.18. The Morgan fingerprint density at radius 1 is 1.42 bits per heavy atom. The van der Waals surface area contributed by atoms with Crippen molar-refractivity contribution in [3.8, 4) is 0 Å². The van der Waals surface area contributed by atoms with E-state index in [0.29, 0.717) is 37.0 Å². The third kappa shape index (κ3) is 3.23. The van der Waals surface area contributed by atoms with Crippen LogP contribution < -0.4 is 5.56 Å². The van der Waals surface area contributed by atoms with Crippen molar-refractivity contribution < 1.29 is 14.1 Å². The van der Waals surface area contributed by atoms with Crippen LogP contribution in [0.1, 0.15) is 34.6 Å². The topological polar surface area (TPSA) is 101 Å². The minimum Gasteiger partial charge on any atom is -0.377 e. The molecule has 8 nitrogen and oxygen atoms in total. The van der Waals surface area contributed by atoms with Crippen molar-refractivity contribution in [2.45, 2.75) is 33.2 Å². The Kier molecular flexibility index (Phi) is 4.48. The van der Waals surface area contributed by atoms with Gasteiger partial charge in [0.15, 0.2) is 0 Å². The van der Waals surface area contributed by atoms with Gasteiger partial charge in [-0.05, 0) is 20.8 Å². The monoisotopic (exact) mass is 332 g/mol. The molecule has 1 aliphatic heterocycles. The molecule has 1 saturated heterocycles. The van der Waals surface area contributed by atoms with Gasteiger partial charge >= 0.3 is 0 Å². The van der Waals surface area contributed by atoms with E-state index in [-0.39, 0.29) is 23.9 Å².